The van der Waals surface area contributed by atoms with Crippen LogP contribution >= 0.6 is 0 Å². The Balaban J connectivity index is 0.000000198. The van der Waals surface area contributed by atoms with E-state index in [1.165, 1.54) is 0 Å². The van der Waals surface area contributed by atoms with Crippen LogP contribution in [0.3, 0.4) is 0 Å². The molecular formula is C49H40O7. The maximum atomic E-state index is 12.8. The van der Waals surface area contributed by atoms with Crippen LogP contribution in [-0.2, 0) is 0 Å². The van der Waals surface area contributed by atoms with Gasteiger partial charge in [-0.1, -0.05) is 83.9 Å². The Morgan fingerprint density at radius 3 is 0.696 bits per heavy atom. The van der Waals surface area contributed by atoms with Crippen LogP contribution in [0.15, 0.2) is 170 Å². The van der Waals surface area contributed by atoms with Crippen LogP contribution in [0.2, 0.25) is 0 Å². The van der Waals surface area contributed by atoms with Crippen molar-refractivity contribution < 1.29 is 33.3 Å². The molecule has 0 fully saturated rings. The van der Waals surface area contributed by atoms with Crippen LogP contribution in [0.1, 0.15) is 58.9 Å². The Bertz CT molecular complexity index is 2380. The van der Waals surface area contributed by atoms with Crippen molar-refractivity contribution in [3.63, 3.8) is 0 Å². The molecule has 0 aliphatic rings. The van der Waals surface area contributed by atoms with Crippen LogP contribution in [0.4, 0.5) is 0 Å². The first-order chi connectivity index (χ1) is 27.2. The summed E-state index contributed by atoms with van der Waals surface area (Å²) in [5.74, 6) is 4.06. The van der Waals surface area contributed by atoms with E-state index in [0.29, 0.717) is 56.4 Å². The Kier molecular flexibility index (Phi) is 12.5. The molecule has 7 nitrogen and oxygen atoms in total. The second-order valence-corrected chi connectivity index (χ2v) is 12.9. The minimum atomic E-state index is -0.115. The van der Waals surface area contributed by atoms with Crippen molar-refractivity contribution >= 4 is 17.3 Å². The van der Waals surface area contributed by atoms with Gasteiger partial charge in [-0.25, -0.2) is 0 Å². The number of ether oxygens (including phenoxy) is 4. The van der Waals surface area contributed by atoms with Gasteiger partial charge >= 0.3 is 0 Å². The third kappa shape index (κ3) is 10.0. The number of methoxy groups -OCH3 is 2. The molecule has 0 bridgehead atoms. The first-order valence-corrected chi connectivity index (χ1v) is 17.9. The van der Waals surface area contributed by atoms with Gasteiger partial charge in [0.2, 0.25) is 0 Å². The monoisotopic (exact) mass is 740 g/mol. The number of carbonyl (C=O) groups excluding carboxylic acids is 3. The van der Waals surface area contributed by atoms with E-state index in [-0.39, 0.29) is 17.3 Å². The molecule has 7 rings (SSSR count). The molecule has 0 aliphatic heterocycles. The van der Waals surface area contributed by atoms with Crippen LogP contribution in [0, 0.1) is 13.8 Å². The van der Waals surface area contributed by atoms with Gasteiger partial charge in [0.15, 0.2) is 17.3 Å². The SMILES string of the molecule is COc1ccc(Oc2ccc(C(=O)c3ccc(C(=O)c4ccc(C)cc4)cc3)cc2)cc1.COc1ccc(Oc2ccc(C(=O)c3ccc(C)cc3)cc2)cc1. The number of rotatable bonds is 12. The fourth-order valence-corrected chi connectivity index (χ4v) is 5.59. The highest BCUT2D eigenvalue weighted by molar-refractivity contribution is 6.12. The van der Waals surface area contributed by atoms with E-state index in [9.17, 15) is 14.4 Å². The summed E-state index contributed by atoms with van der Waals surface area (Å²) in [4.78, 5) is 37.9. The standard InChI is InChI=1S/C28H22O4.C21H18O3/c1-19-3-5-20(6-4-19)27(29)21-7-9-22(10-8-21)28(30)23-11-13-25(14-12-23)32-26-17-15-24(31-2)16-18-26;1-15-3-5-16(6-4-15)21(22)17-7-9-19(10-8-17)24-20-13-11-18(23-2)12-14-20/h3-18H,1-2H3;3-14H,1-2H3. The van der Waals surface area contributed by atoms with E-state index in [0.717, 1.165) is 22.6 Å². The maximum Gasteiger partial charge on any atom is 0.193 e. The Hall–Kier alpha value is -7.25. The summed E-state index contributed by atoms with van der Waals surface area (Å²) in [5, 5.41) is 0. The first kappa shape index (κ1) is 38.5. The van der Waals surface area contributed by atoms with Gasteiger partial charge in [0.25, 0.3) is 0 Å². The molecule has 0 aromatic heterocycles. The van der Waals surface area contributed by atoms with Crippen molar-refractivity contribution in [3.8, 4) is 34.5 Å². The van der Waals surface area contributed by atoms with Crippen molar-refractivity contribution in [2.24, 2.45) is 0 Å². The molecule has 0 spiro atoms. The largest absolute Gasteiger partial charge is 0.497 e. The zero-order valence-electron chi connectivity index (χ0n) is 31.5. The number of aryl methyl sites for hydroxylation is 2. The van der Waals surface area contributed by atoms with Crippen LogP contribution in [0.25, 0.3) is 0 Å². The summed E-state index contributed by atoms with van der Waals surface area (Å²) in [6.45, 7) is 3.98. The highest BCUT2D eigenvalue weighted by Gasteiger charge is 2.13. The molecule has 0 heterocycles. The number of hydrogen-bond donors (Lipinski definition) is 0. The van der Waals surface area contributed by atoms with Crippen LogP contribution < -0.4 is 18.9 Å². The molecule has 0 aliphatic carbocycles. The van der Waals surface area contributed by atoms with E-state index in [1.54, 1.807) is 87.0 Å². The van der Waals surface area contributed by atoms with Gasteiger partial charge in [-0.15, -0.1) is 0 Å². The summed E-state index contributed by atoms with van der Waals surface area (Å²) >= 11 is 0. The van der Waals surface area contributed by atoms with Crippen LogP contribution in [-0.4, -0.2) is 31.6 Å². The van der Waals surface area contributed by atoms with Crippen molar-refractivity contribution in [2.75, 3.05) is 14.2 Å². The number of benzene rings is 7. The number of hydrogen-bond acceptors (Lipinski definition) is 7. The fraction of sp³-hybridized carbons (Fsp3) is 0.0816. The van der Waals surface area contributed by atoms with Gasteiger partial charge in [0, 0.05) is 33.4 Å². The average molecular weight is 741 g/mol. The molecule has 0 saturated heterocycles. The van der Waals surface area contributed by atoms with E-state index in [1.807, 2.05) is 111 Å². The lowest BCUT2D eigenvalue weighted by molar-refractivity contribution is 0.102. The zero-order valence-corrected chi connectivity index (χ0v) is 31.5. The Labute approximate surface area is 326 Å². The molecule has 7 aromatic rings. The maximum absolute atomic E-state index is 12.8. The van der Waals surface area contributed by atoms with Gasteiger partial charge < -0.3 is 18.9 Å². The topological polar surface area (TPSA) is 88.1 Å². The minimum absolute atomic E-state index is 0.00555. The Morgan fingerprint density at radius 1 is 0.286 bits per heavy atom. The molecule has 0 unspecified atom stereocenters. The summed E-state index contributed by atoms with van der Waals surface area (Å²) in [6, 6.07) is 50.5. The number of ketones is 3. The summed E-state index contributed by atoms with van der Waals surface area (Å²) < 4.78 is 21.8. The van der Waals surface area contributed by atoms with E-state index >= 15 is 0 Å². The summed E-state index contributed by atoms with van der Waals surface area (Å²) in [6.07, 6.45) is 0. The smallest absolute Gasteiger partial charge is 0.193 e. The molecule has 0 amide bonds. The molecule has 56 heavy (non-hydrogen) atoms. The fourth-order valence-electron chi connectivity index (χ4n) is 5.59. The molecule has 0 atom stereocenters. The summed E-state index contributed by atoms with van der Waals surface area (Å²) in [5.41, 5.74) is 5.80. The number of carbonyl (C=O) groups is 3. The molecule has 278 valence electrons. The quantitative estimate of drug-likeness (QED) is 0.115. The van der Waals surface area contributed by atoms with E-state index in [4.69, 9.17) is 18.9 Å². The average Bonchev–Trinajstić information content (AvgIpc) is 3.25. The molecule has 7 aromatic carbocycles. The molecular weight excluding hydrogens is 701 g/mol. The zero-order chi connectivity index (χ0) is 39.4. The Morgan fingerprint density at radius 2 is 0.464 bits per heavy atom. The van der Waals surface area contributed by atoms with Gasteiger partial charge in [-0.2, -0.15) is 0 Å². The van der Waals surface area contributed by atoms with Crippen molar-refractivity contribution in [2.45, 2.75) is 13.8 Å². The molecule has 0 N–H and O–H groups in total. The lowest BCUT2D eigenvalue weighted by Gasteiger charge is -2.08. The second-order valence-electron chi connectivity index (χ2n) is 12.9. The lowest BCUT2D eigenvalue weighted by Crippen LogP contribution is -2.04. The van der Waals surface area contributed by atoms with Crippen molar-refractivity contribution in [1.29, 1.82) is 0 Å². The second kappa shape index (κ2) is 18.2. The van der Waals surface area contributed by atoms with Crippen LogP contribution in [0.5, 0.6) is 34.5 Å². The lowest BCUT2D eigenvalue weighted by atomic mass is 9.98. The van der Waals surface area contributed by atoms with Crippen molar-refractivity contribution in [3.05, 3.63) is 214 Å². The van der Waals surface area contributed by atoms with Crippen molar-refractivity contribution in [1.82, 2.24) is 0 Å². The van der Waals surface area contributed by atoms with E-state index in [2.05, 4.69) is 0 Å². The molecule has 0 saturated carbocycles. The molecule has 7 heteroatoms. The highest BCUT2D eigenvalue weighted by Crippen LogP contribution is 2.26. The highest BCUT2D eigenvalue weighted by atomic mass is 16.5. The predicted octanol–water partition coefficient (Wildman–Crippen LogP) is 11.3. The predicted molar refractivity (Wildman–Crippen MR) is 218 cm³/mol. The van der Waals surface area contributed by atoms with Gasteiger partial charge in [0.1, 0.15) is 34.5 Å². The summed E-state index contributed by atoms with van der Waals surface area (Å²) in [7, 11) is 3.24. The molecule has 0 radical (unpaired) electrons. The minimum Gasteiger partial charge on any atom is -0.497 e. The van der Waals surface area contributed by atoms with Gasteiger partial charge in [-0.3, -0.25) is 14.4 Å². The normalized spacial score (nSPS) is 10.4. The van der Waals surface area contributed by atoms with Gasteiger partial charge in [0.05, 0.1) is 14.2 Å². The van der Waals surface area contributed by atoms with E-state index < -0.39 is 0 Å². The third-order valence-electron chi connectivity index (χ3n) is 8.86. The first-order valence-electron chi connectivity index (χ1n) is 17.9. The third-order valence-corrected chi connectivity index (χ3v) is 8.86. The van der Waals surface area contributed by atoms with Gasteiger partial charge in [-0.05, 0) is 111 Å².